The van der Waals surface area contributed by atoms with Crippen LogP contribution in [0.15, 0.2) is 41.4 Å². The van der Waals surface area contributed by atoms with E-state index in [0.29, 0.717) is 17.0 Å². The van der Waals surface area contributed by atoms with Crippen molar-refractivity contribution in [3.8, 4) is 0 Å². The van der Waals surface area contributed by atoms with Gasteiger partial charge >= 0.3 is 0 Å². The van der Waals surface area contributed by atoms with Gasteiger partial charge in [0.05, 0.1) is 5.41 Å². The molecule has 28 heavy (non-hydrogen) atoms. The Morgan fingerprint density at radius 2 is 1.86 bits per heavy atom. The third kappa shape index (κ3) is 3.18. The van der Waals surface area contributed by atoms with E-state index in [0.717, 1.165) is 16.7 Å². The van der Waals surface area contributed by atoms with Crippen LogP contribution in [0.4, 0.5) is 4.39 Å². The lowest BCUT2D eigenvalue weighted by atomic mass is 9.67. The van der Waals surface area contributed by atoms with Crippen molar-refractivity contribution < 1.29 is 9.18 Å². The third-order valence-corrected chi connectivity index (χ3v) is 6.23. The van der Waals surface area contributed by atoms with E-state index >= 15 is 0 Å². The number of carbonyl (C=O) groups is 1. The van der Waals surface area contributed by atoms with Crippen molar-refractivity contribution in [3.05, 3.63) is 69.5 Å². The smallest absolute Gasteiger partial charge is 0.237 e. The number of halogens is 2. The highest BCUT2D eigenvalue weighted by Gasteiger charge is 2.53. The number of hydrogen-bond acceptors (Lipinski definition) is 3. The van der Waals surface area contributed by atoms with Gasteiger partial charge < -0.3 is 5.73 Å². The van der Waals surface area contributed by atoms with Gasteiger partial charge in [-0.15, -0.1) is 0 Å². The van der Waals surface area contributed by atoms with E-state index in [2.05, 4.69) is 4.99 Å². The molecule has 0 aromatic heterocycles. The second-order valence-corrected chi connectivity index (χ2v) is 8.53. The van der Waals surface area contributed by atoms with Crippen molar-refractivity contribution in [1.29, 1.82) is 0 Å². The largest absolute Gasteiger partial charge is 0.369 e. The fraction of sp³-hybridized carbons (Fsp3) is 0.364. The molecule has 2 aromatic carbocycles. The second-order valence-electron chi connectivity index (χ2n) is 8.09. The van der Waals surface area contributed by atoms with Crippen molar-refractivity contribution in [2.75, 3.05) is 7.05 Å². The van der Waals surface area contributed by atoms with Gasteiger partial charge in [0, 0.05) is 17.6 Å². The number of rotatable bonds is 3. The van der Waals surface area contributed by atoms with Gasteiger partial charge in [0.1, 0.15) is 11.4 Å². The first kappa shape index (κ1) is 20.3. The SMILES string of the molecule is Cc1ccc(Cl)cc1Cc1ccc(F)c([C@@]2(C)N=C(N)N(C)C(=O)C2(C)C)c1. The van der Waals surface area contributed by atoms with Crippen LogP contribution in [0.1, 0.15) is 43.0 Å². The number of guanidine groups is 1. The van der Waals surface area contributed by atoms with Crippen molar-refractivity contribution in [2.24, 2.45) is 16.1 Å². The van der Waals surface area contributed by atoms with Crippen LogP contribution in [0.5, 0.6) is 0 Å². The number of benzene rings is 2. The fourth-order valence-corrected chi connectivity index (χ4v) is 3.87. The van der Waals surface area contributed by atoms with Crippen molar-refractivity contribution >= 4 is 23.5 Å². The first-order valence-electron chi connectivity index (χ1n) is 9.15. The van der Waals surface area contributed by atoms with Crippen molar-refractivity contribution in [2.45, 2.75) is 39.7 Å². The maximum atomic E-state index is 14.9. The zero-order valence-corrected chi connectivity index (χ0v) is 17.6. The topological polar surface area (TPSA) is 58.7 Å². The lowest BCUT2D eigenvalue weighted by molar-refractivity contribution is -0.140. The molecule has 0 saturated heterocycles. The van der Waals surface area contributed by atoms with E-state index in [4.69, 9.17) is 17.3 Å². The highest BCUT2D eigenvalue weighted by Crippen LogP contribution is 2.47. The number of nitrogens with two attached hydrogens (primary N) is 1. The molecule has 0 fully saturated rings. The standard InChI is InChI=1S/C22H25ClFN3O/c1-13-6-8-16(23)12-15(13)10-14-7-9-18(24)17(11-14)22(4)21(2,3)19(28)27(5)20(25)26-22/h6-9,11-12H,10H2,1-5H3,(H2,25,26)/t22-/m1/s1. The summed E-state index contributed by atoms with van der Waals surface area (Å²) in [5.74, 6) is -0.517. The maximum Gasteiger partial charge on any atom is 0.237 e. The quantitative estimate of drug-likeness (QED) is 0.828. The summed E-state index contributed by atoms with van der Waals surface area (Å²) in [6.07, 6.45) is 0.600. The zero-order valence-electron chi connectivity index (χ0n) is 16.8. The van der Waals surface area contributed by atoms with Gasteiger partial charge in [-0.2, -0.15) is 0 Å². The number of hydrogen-bond donors (Lipinski definition) is 1. The second kappa shape index (κ2) is 6.89. The molecule has 1 aliphatic rings. The first-order valence-corrected chi connectivity index (χ1v) is 9.52. The summed E-state index contributed by atoms with van der Waals surface area (Å²) >= 11 is 6.13. The third-order valence-electron chi connectivity index (χ3n) is 6.00. The van der Waals surface area contributed by atoms with Gasteiger partial charge in [-0.25, -0.2) is 9.38 Å². The normalized spacial score (nSPS) is 21.6. The average molecular weight is 402 g/mol. The summed E-state index contributed by atoms with van der Waals surface area (Å²) < 4.78 is 14.9. The van der Waals surface area contributed by atoms with E-state index in [9.17, 15) is 9.18 Å². The van der Waals surface area contributed by atoms with E-state index in [1.165, 1.54) is 11.0 Å². The number of nitrogens with zero attached hydrogens (tertiary/aromatic N) is 2. The molecule has 0 aliphatic carbocycles. The average Bonchev–Trinajstić information content (AvgIpc) is 2.63. The molecule has 3 rings (SSSR count). The summed E-state index contributed by atoms with van der Waals surface area (Å²) in [4.78, 5) is 18.7. The Labute approximate surface area is 170 Å². The lowest BCUT2D eigenvalue weighted by Crippen LogP contribution is -2.58. The van der Waals surface area contributed by atoms with E-state index in [-0.39, 0.29) is 11.9 Å². The minimum absolute atomic E-state index is 0.0855. The van der Waals surface area contributed by atoms with Gasteiger partial charge in [-0.3, -0.25) is 9.69 Å². The Morgan fingerprint density at radius 1 is 1.18 bits per heavy atom. The predicted octanol–water partition coefficient (Wildman–Crippen LogP) is 4.41. The first-order chi connectivity index (χ1) is 13.0. The molecule has 0 unspecified atom stereocenters. The summed E-state index contributed by atoms with van der Waals surface area (Å²) in [7, 11) is 1.58. The van der Waals surface area contributed by atoms with Gasteiger partial charge in [-0.1, -0.05) is 29.8 Å². The molecule has 0 radical (unpaired) electrons. The number of amides is 1. The predicted molar refractivity (Wildman–Crippen MR) is 111 cm³/mol. The minimum atomic E-state index is -1.12. The molecule has 0 saturated carbocycles. The van der Waals surface area contributed by atoms with Crippen LogP contribution in [0.25, 0.3) is 0 Å². The summed E-state index contributed by atoms with van der Waals surface area (Å²) in [5.41, 5.74) is 7.34. The Morgan fingerprint density at radius 3 is 2.54 bits per heavy atom. The molecule has 6 heteroatoms. The molecular weight excluding hydrogens is 377 g/mol. The molecule has 4 nitrogen and oxygen atoms in total. The number of carbonyl (C=O) groups excluding carboxylic acids is 1. The van der Waals surface area contributed by atoms with Crippen LogP contribution in [-0.4, -0.2) is 23.8 Å². The molecule has 2 aromatic rings. The maximum absolute atomic E-state index is 14.9. The molecule has 1 aliphatic heterocycles. The Bertz CT molecular complexity index is 986. The molecular formula is C22H25ClFN3O. The highest BCUT2D eigenvalue weighted by molar-refractivity contribution is 6.30. The minimum Gasteiger partial charge on any atom is -0.369 e. The highest BCUT2D eigenvalue weighted by atomic mass is 35.5. The molecule has 1 amide bonds. The van der Waals surface area contributed by atoms with Crippen molar-refractivity contribution in [1.82, 2.24) is 4.90 Å². The van der Waals surface area contributed by atoms with E-state index in [1.807, 2.05) is 25.1 Å². The Hall–Kier alpha value is -2.40. The number of aryl methyl sites for hydroxylation is 1. The van der Waals surface area contributed by atoms with Gasteiger partial charge in [-0.05, 0) is 69.0 Å². The van der Waals surface area contributed by atoms with Crippen molar-refractivity contribution in [3.63, 3.8) is 0 Å². The molecule has 0 spiro atoms. The molecule has 1 heterocycles. The summed E-state index contributed by atoms with van der Waals surface area (Å²) in [5, 5.41) is 0.661. The Balaban J connectivity index is 2.11. The number of aliphatic imine (C=N–C) groups is 1. The van der Waals surface area contributed by atoms with Crippen LogP contribution < -0.4 is 5.73 Å². The van der Waals surface area contributed by atoms with Crippen LogP contribution in [0.3, 0.4) is 0 Å². The van der Waals surface area contributed by atoms with Gasteiger partial charge in [0.25, 0.3) is 0 Å². The fourth-order valence-electron chi connectivity index (χ4n) is 3.68. The van der Waals surface area contributed by atoms with E-state index < -0.39 is 16.8 Å². The Kier molecular flexibility index (Phi) is 5.00. The van der Waals surface area contributed by atoms with Crippen LogP contribution >= 0.6 is 11.6 Å². The molecule has 1 atom stereocenters. The van der Waals surface area contributed by atoms with E-state index in [1.54, 1.807) is 40.0 Å². The molecule has 2 N–H and O–H groups in total. The summed E-state index contributed by atoms with van der Waals surface area (Å²) in [6, 6.07) is 10.7. The lowest BCUT2D eigenvalue weighted by Gasteiger charge is -2.46. The van der Waals surface area contributed by atoms with Gasteiger partial charge in [0.2, 0.25) is 5.91 Å². The molecule has 0 bridgehead atoms. The van der Waals surface area contributed by atoms with Crippen LogP contribution in [0, 0.1) is 18.2 Å². The van der Waals surface area contributed by atoms with Crippen LogP contribution in [-0.2, 0) is 16.8 Å². The van der Waals surface area contributed by atoms with Gasteiger partial charge in [0.15, 0.2) is 5.96 Å². The molecule has 148 valence electrons. The monoisotopic (exact) mass is 401 g/mol. The van der Waals surface area contributed by atoms with Crippen LogP contribution in [0.2, 0.25) is 5.02 Å². The zero-order chi connectivity index (χ0) is 20.9. The summed E-state index contributed by atoms with van der Waals surface area (Å²) in [6.45, 7) is 7.32.